The number of fused-ring (bicyclic) bond motifs is 1. The summed E-state index contributed by atoms with van der Waals surface area (Å²) in [5.41, 5.74) is 2.17. The Bertz CT molecular complexity index is 1490. The quantitative estimate of drug-likeness (QED) is 0.411. The third-order valence-electron chi connectivity index (χ3n) is 5.47. The number of benzene rings is 2. The number of methoxy groups -OCH3 is 1. The molecule has 0 aliphatic carbocycles. The van der Waals surface area contributed by atoms with Crippen LogP contribution in [0.25, 0.3) is 6.08 Å². The molecule has 0 radical (unpaired) electrons. The number of nitrogens with zero attached hydrogens (tertiary/aromatic N) is 2. The minimum absolute atomic E-state index is 0.211. The van der Waals surface area contributed by atoms with E-state index in [1.165, 1.54) is 11.3 Å². The molecule has 1 atom stereocenters. The Morgan fingerprint density at radius 2 is 1.97 bits per heavy atom. The lowest BCUT2D eigenvalue weighted by Crippen LogP contribution is -2.40. The minimum Gasteiger partial charge on any atom is -0.493 e. The van der Waals surface area contributed by atoms with Crippen LogP contribution in [0.2, 0.25) is 0 Å². The van der Waals surface area contributed by atoms with E-state index in [1.807, 2.05) is 43.3 Å². The number of rotatable bonds is 7. The first-order valence-corrected chi connectivity index (χ1v) is 12.7. The van der Waals surface area contributed by atoms with E-state index in [9.17, 15) is 9.59 Å². The SMILES string of the molecule is CCOC(=O)C1=C(C)N=c2s/c(=C\c3cccc(Br)c3)c(=O)n2C1c1ccc(OCC)c(OC)c1. The van der Waals surface area contributed by atoms with Crippen molar-refractivity contribution in [3.8, 4) is 11.5 Å². The Morgan fingerprint density at radius 1 is 1.17 bits per heavy atom. The first-order valence-electron chi connectivity index (χ1n) is 11.1. The highest BCUT2D eigenvalue weighted by Crippen LogP contribution is 2.36. The zero-order valence-electron chi connectivity index (χ0n) is 19.8. The summed E-state index contributed by atoms with van der Waals surface area (Å²) in [6.45, 7) is 6.09. The summed E-state index contributed by atoms with van der Waals surface area (Å²) in [4.78, 5) is 31.9. The Kier molecular flexibility index (Phi) is 7.57. The molecule has 0 saturated carbocycles. The van der Waals surface area contributed by atoms with Gasteiger partial charge in [0.1, 0.15) is 0 Å². The van der Waals surface area contributed by atoms with Crippen molar-refractivity contribution in [1.82, 2.24) is 4.57 Å². The molecule has 0 fully saturated rings. The average molecular weight is 557 g/mol. The molecular weight excluding hydrogens is 532 g/mol. The summed E-state index contributed by atoms with van der Waals surface area (Å²) in [5.74, 6) is 0.588. The van der Waals surface area contributed by atoms with Gasteiger partial charge in [0, 0.05) is 4.47 Å². The monoisotopic (exact) mass is 556 g/mol. The van der Waals surface area contributed by atoms with E-state index in [1.54, 1.807) is 37.7 Å². The second kappa shape index (κ2) is 10.6. The summed E-state index contributed by atoms with van der Waals surface area (Å²) in [7, 11) is 1.55. The Labute approximate surface area is 215 Å². The molecular formula is C26H25BrN2O5S. The van der Waals surface area contributed by atoms with Crippen LogP contribution < -0.4 is 24.4 Å². The molecule has 2 heterocycles. The number of hydrogen-bond donors (Lipinski definition) is 0. The van der Waals surface area contributed by atoms with Crippen LogP contribution in [0.5, 0.6) is 11.5 Å². The lowest BCUT2D eigenvalue weighted by atomic mass is 9.95. The normalized spacial score (nSPS) is 15.5. The van der Waals surface area contributed by atoms with E-state index >= 15 is 0 Å². The van der Waals surface area contributed by atoms with Gasteiger partial charge in [0.2, 0.25) is 0 Å². The topological polar surface area (TPSA) is 79.1 Å². The van der Waals surface area contributed by atoms with Gasteiger partial charge in [-0.2, -0.15) is 0 Å². The van der Waals surface area contributed by atoms with Crippen molar-refractivity contribution in [2.45, 2.75) is 26.8 Å². The zero-order chi connectivity index (χ0) is 25.1. The number of carbonyl (C=O) groups excluding carboxylic acids is 1. The van der Waals surface area contributed by atoms with Gasteiger partial charge in [-0.25, -0.2) is 9.79 Å². The lowest BCUT2D eigenvalue weighted by molar-refractivity contribution is -0.139. The number of hydrogen-bond acceptors (Lipinski definition) is 7. The molecule has 9 heteroatoms. The van der Waals surface area contributed by atoms with Crippen molar-refractivity contribution in [3.05, 3.63) is 89.0 Å². The highest BCUT2D eigenvalue weighted by Gasteiger charge is 2.33. The zero-order valence-corrected chi connectivity index (χ0v) is 22.2. The van der Waals surface area contributed by atoms with Gasteiger partial charge in [0.25, 0.3) is 5.56 Å². The van der Waals surface area contributed by atoms with Gasteiger partial charge in [0.05, 0.1) is 42.2 Å². The first kappa shape index (κ1) is 24.9. The largest absolute Gasteiger partial charge is 0.493 e. The third kappa shape index (κ3) is 4.97. The van der Waals surface area contributed by atoms with Gasteiger partial charge in [-0.05, 0) is 62.2 Å². The molecule has 1 aromatic heterocycles. The van der Waals surface area contributed by atoms with Crippen LogP contribution in [0.4, 0.5) is 0 Å². The summed E-state index contributed by atoms with van der Waals surface area (Å²) in [6.07, 6.45) is 1.83. The fraction of sp³-hybridized carbons (Fsp3) is 0.269. The smallest absolute Gasteiger partial charge is 0.338 e. The molecule has 182 valence electrons. The predicted octanol–water partition coefficient (Wildman–Crippen LogP) is 3.97. The maximum Gasteiger partial charge on any atom is 0.338 e. The van der Waals surface area contributed by atoms with E-state index in [-0.39, 0.29) is 12.2 Å². The maximum absolute atomic E-state index is 13.7. The standard InChI is InChI=1S/C26H25BrN2O5S/c1-5-33-19-11-10-17(14-20(19)32-4)23-22(25(31)34-6-2)15(3)28-26-29(23)24(30)21(35-26)13-16-8-7-9-18(27)12-16/h7-14,23H,5-6H2,1-4H3/b21-13-. The molecule has 1 unspecified atom stereocenters. The summed E-state index contributed by atoms with van der Waals surface area (Å²) >= 11 is 4.75. The van der Waals surface area contributed by atoms with Crippen LogP contribution >= 0.6 is 27.3 Å². The molecule has 0 saturated heterocycles. The predicted molar refractivity (Wildman–Crippen MR) is 139 cm³/mol. The molecule has 3 aromatic rings. The van der Waals surface area contributed by atoms with E-state index in [0.29, 0.717) is 44.3 Å². The van der Waals surface area contributed by atoms with Gasteiger partial charge in [-0.1, -0.05) is 45.5 Å². The highest BCUT2D eigenvalue weighted by atomic mass is 79.9. The van der Waals surface area contributed by atoms with Crippen LogP contribution in [0.15, 0.2) is 68.0 Å². The van der Waals surface area contributed by atoms with E-state index < -0.39 is 12.0 Å². The Balaban J connectivity index is 1.96. The van der Waals surface area contributed by atoms with Gasteiger partial charge in [0.15, 0.2) is 16.3 Å². The van der Waals surface area contributed by atoms with Crippen LogP contribution in [-0.4, -0.2) is 30.9 Å². The maximum atomic E-state index is 13.7. The fourth-order valence-corrected chi connectivity index (χ4v) is 5.45. The summed E-state index contributed by atoms with van der Waals surface area (Å²) in [6, 6.07) is 12.4. The molecule has 0 amide bonds. The average Bonchev–Trinajstić information content (AvgIpc) is 3.13. The molecule has 0 N–H and O–H groups in total. The highest BCUT2D eigenvalue weighted by molar-refractivity contribution is 9.10. The summed E-state index contributed by atoms with van der Waals surface area (Å²) in [5, 5.41) is 0. The second-order valence-corrected chi connectivity index (χ2v) is 9.63. The van der Waals surface area contributed by atoms with Crippen molar-refractivity contribution >= 4 is 39.3 Å². The lowest BCUT2D eigenvalue weighted by Gasteiger charge is -2.25. The van der Waals surface area contributed by atoms with Crippen molar-refractivity contribution in [2.75, 3.05) is 20.3 Å². The molecule has 35 heavy (non-hydrogen) atoms. The third-order valence-corrected chi connectivity index (χ3v) is 6.94. The molecule has 7 nitrogen and oxygen atoms in total. The molecule has 4 rings (SSSR count). The number of carbonyl (C=O) groups is 1. The number of ether oxygens (including phenoxy) is 3. The van der Waals surface area contributed by atoms with Gasteiger partial charge in [-0.15, -0.1) is 0 Å². The van der Waals surface area contributed by atoms with Crippen LogP contribution in [0.3, 0.4) is 0 Å². The Hall–Kier alpha value is -3.17. The molecule has 1 aliphatic rings. The number of allylic oxidation sites excluding steroid dienone is 1. The number of thiazole rings is 1. The fourth-order valence-electron chi connectivity index (χ4n) is 3.98. The van der Waals surface area contributed by atoms with Gasteiger partial charge >= 0.3 is 5.97 Å². The van der Waals surface area contributed by atoms with Crippen molar-refractivity contribution in [3.63, 3.8) is 0 Å². The van der Waals surface area contributed by atoms with Gasteiger partial charge < -0.3 is 14.2 Å². The van der Waals surface area contributed by atoms with Crippen LogP contribution in [0.1, 0.15) is 37.9 Å². The number of aromatic nitrogens is 1. The second-order valence-electron chi connectivity index (χ2n) is 7.70. The van der Waals surface area contributed by atoms with Gasteiger partial charge in [-0.3, -0.25) is 9.36 Å². The Morgan fingerprint density at radius 3 is 2.66 bits per heavy atom. The summed E-state index contributed by atoms with van der Waals surface area (Å²) < 4.78 is 19.5. The first-order chi connectivity index (χ1) is 16.9. The van der Waals surface area contributed by atoms with Crippen LogP contribution in [-0.2, 0) is 9.53 Å². The minimum atomic E-state index is -0.723. The molecule has 2 aromatic carbocycles. The number of halogens is 1. The number of esters is 1. The van der Waals surface area contributed by atoms with Crippen molar-refractivity contribution < 1.29 is 19.0 Å². The van der Waals surface area contributed by atoms with E-state index in [0.717, 1.165) is 10.0 Å². The molecule has 0 spiro atoms. The molecule has 1 aliphatic heterocycles. The van der Waals surface area contributed by atoms with Crippen molar-refractivity contribution in [1.29, 1.82) is 0 Å². The van der Waals surface area contributed by atoms with Crippen molar-refractivity contribution in [2.24, 2.45) is 4.99 Å². The van der Waals surface area contributed by atoms with Crippen LogP contribution in [0, 0.1) is 0 Å². The van der Waals surface area contributed by atoms with E-state index in [4.69, 9.17) is 14.2 Å². The molecule has 0 bridgehead atoms. The van der Waals surface area contributed by atoms with E-state index in [2.05, 4.69) is 20.9 Å².